The van der Waals surface area contributed by atoms with Crippen LogP contribution in [0.5, 0.6) is 0 Å². The van der Waals surface area contributed by atoms with E-state index < -0.39 is 87.5 Å². The topological polar surface area (TPSA) is 138 Å². The molecular weight excluding hydrogens is 603 g/mol. The Hall–Kier alpha value is -3.72. The van der Waals surface area contributed by atoms with Gasteiger partial charge < -0.3 is 20.3 Å². The van der Waals surface area contributed by atoms with Gasteiger partial charge in [-0.1, -0.05) is 19.9 Å². The number of carbonyl (C=O) groups excluding carboxylic acids is 3. The first-order valence-corrected chi connectivity index (χ1v) is 15.7. The fourth-order valence-corrected chi connectivity index (χ4v) is 6.28. The predicted octanol–water partition coefficient (Wildman–Crippen LogP) is 3.10. The van der Waals surface area contributed by atoms with Gasteiger partial charge in [-0.3, -0.25) is 14.6 Å². The molecule has 2 aromatic rings. The molecule has 2 N–H and O–H groups in total. The molecule has 242 valence electrons. The molecule has 0 radical (unpaired) electrons. The van der Waals surface area contributed by atoms with E-state index in [1.807, 2.05) is 13.8 Å². The number of benzene rings is 1. The molecule has 3 rings (SSSR count). The van der Waals surface area contributed by atoms with Crippen molar-refractivity contribution in [3.63, 3.8) is 0 Å². The zero-order valence-corrected chi connectivity index (χ0v) is 26.1. The fraction of sp³-hybridized carbons (Fsp3) is 0.517. The van der Waals surface area contributed by atoms with Gasteiger partial charge >= 0.3 is 6.09 Å². The van der Waals surface area contributed by atoms with Crippen LogP contribution < -0.4 is 10.6 Å². The average Bonchev–Trinajstić information content (AvgIpc) is 2.92. The molecule has 11 nitrogen and oxygen atoms in total. The Balaban J connectivity index is 1.89. The van der Waals surface area contributed by atoms with E-state index in [9.17, 15) is 36.0 Å². The molecular formula is C29H38F3N5O6S. The van der Waals surface area contributed by atoms with Crippen molar-refractivity contribution in [3.8, 4) is 0 Å². The van der Waals surface area contributed by atoms with Crippen molar-refractivity contribution < 1.29 is 40.7 Å². The zero-order chi connectivity index (χ0) is 32.8. The third kappa shape index (κ3) is 9.64. The maximum Gasteiger partial charge on any atom is 0.410 e. The molecule has 15 heteroatoms. The molecule has 1 aromatic heterocycles. The lowest BCUT2D eigenvalue weighted by molar-refractivity contribution is -0.132. The molecule has 1 fully saturated rings. The standard InChI is InChI=1S/C29H38F3N5O6S/c1-18(2)11-24(26(38)34-15-19-7-6-8-33-14-19)35-27(39)25-16-36(28(40)43-29(3,4)5)9-10-37(25)44(41,42)17-21-22(31)12-20(30)13-23(21)32/h6-8,12-14,18,24-25H,9-11,15-17H2,1-5H3,(H,34,38)(H,35,39)/t24-,25-/m0/s1. The van der Waals surface area contributed by atoms with E-state index in [2.05, 4.69) is 15.6 Å². The maximum absolute atomic E-state index is 14.4. The van der Waals surface area contributed by atoms with Crippen molar-refractivity contribution in [1.82, 2.24) is 24.8 Å². The summed E-state index contributed by atoms with van der Waals surface area (Å²) in [7, 11) is -4.61. The summed E-state index contributed by atoms with van der Waals surface area (Å²) in [4.78, 5) is 44.9. The van der Waals surface area contributed by atoms with E-state index in [1.54, 1.807) is 45.3 Å². The van der Waals surface area contributed by atoms with E-state index in [1.165, 1.54) is 0 Å². The highest BCUT2D eigenvalue weighted by Crippen LogP contribution is 2.24. The van der Waals surface area contributed by atoms with E-state index in [0.717, 1.165) is 9.21 Å². The van der Waals surface area contributed by atoms with E-state index in [-0.39, 0.29) is 25.4 Å². The van der Waals surface area contributed by atoms with Gasteiger partial charge in [-0.05, 0) is 44.7 Å². The van der Waals surface area contributed by atoms with Gasteiger partial charge in [-0.2, -0.15) is 4.31 Å². The molecule has 1 aromatic carbocycles. The van der Waals surface area contributed by atoms with Gasteiger partial charge in [-0.25, -0.2) is 26.4 Å². The number of ether oxygens (including phenoxy) is 1. The van der Waals surface area contributed by atoms with Crippen molar-refractivity contribution in [2.75, 3.05) is 19.6 Å². The number of sulfonamides is 1. The summed E-state index contributed by atoms with van der Waals surface area (Å²) < 4.78 is 75.4. The highest BCUT2D eigenvalue weighted by molar-refractivity contribution is 7.88. The Morgan fingerprint density at radius 1 is 1.11 bits per heavy atom. The maximum atomic E-state index is 14.4. The first kappa shape index (κ1) is 34.8. The number of aromatic nitrogens is 1. The minimum atomic E-state index is -4.61. The first-order chi connectivity index (χ1) is 20.5. The van der Waals surface area contributed by atoms with Crippen LogP contribution in [0.2, 0.25) is 0 Å². The van der Waals surface area contributed by atoms with Gasteiger partial charge in [0.2, 0.25) is 21.8 Å². The molecule has 1 aliphatic heterocycles. The number of carbonyl (C=O) groups is 3. The number of hydrogen-bond acceptors (Lipinski definition) is 7. The normalized spacial score (nSPS) is 16.8. The van der Waals surface area contributed by atoms with Crippen LogP contribution in [0.4, 0.5) is 18.0 Å². The molecule has 0 aliphatic carbocycles. The van der Waals surface area contributed by atoms with Crippen molar-refractivity contribution in [3.05, 3.63) is 65.2 Å². The van der Waals surface area contributed by atoms with Gasteiger partial charge in [0.15, 0.2) is 0 Å². The second kappa shape index (κ2) is 14.4. The quantitative estimate of drug-likeness (QED) is 0.407. The Morgan fingerprint density at radius 3 is 2.34 bits per heavy atom. The van der Waals surface area contributed by atoms with Gasteiger partial charge in [0, 0.05) is 56.3 Å². The number of rotatable bonds is 10. The summed E-state index contributed by atoms with van der Waals surface area (Å²) in [5.41, 5.74) is -1.06. The Kier molecular flexibility index (Phi) is 11.4. The van der Waals surface area contributed by atoms with Crippen molar-refractivity contribution in [2.24, 2.45) is 5.92 Å². The molecule has 44 heavy (non-hydrogen) atoms. The van der Waals surface area contributed by atoms with Crippen LogP contribution in [0.15, 0.2) is 36.7 Å². The largest absolute Gasteiger partial charge is 0.444 e. The van der Waals surface area contributed by atoms with Crippen molar-refractivity contribution >= 4 is 27.9 Å². The van der Waals surface area contributed by atoms with E-state index in [4.69, 9.17) is 4.74 Å². The van der Waals surface area contributed by atoms with Crippen LogP contribution in [-0.4, -0.2) is 77.8 Å². The molecule has 0 bridgehead atoms. The average molecular weight is 642 g/mol. The zero-order valence-electron chi connectivity index (χ0n) is 25.3. The van der Waals surface area contributed by atoms with Gasteiger partial charge in [-0.15, -0.1) is 0 Å². The predicted molar refractivity (Wildman–Crippen MR) is 155 cm³/mol. The third-order valence-corrected chi connectivity index (χ3v) is 8.41. The Bertz CT molecular complexity index is 1430. The Labute approximate surface area is 255 Å². The van der Waals surface area contributed by atoms with Gasteiger partial charge in [0.05, 0.1) is 5.75 Å². The summed E-state index contributed by atoms with van der Waals surface area (Å²) in [6.45, 7) is 7.66. The molecule has 2 heterocycles. The minimum absolute atomic E-state index is 0.0571. The summed E-state index contributed by atoms with van der Waals surface area (Å²) in [6, 6.07) is 1.53. The number of amides is 3. The number of piperazine rings is 1. The van der Waals surface area contributed by atoms with Crippen LogP contribution in [0.1, 0.15) is 52.2 Å². The molecule has 1 aliphatic rings. The number of nitrogens with one attached hydrogen (secondary N) is 2. The monoisotopic (exact) mass is 641 g/mol. The second-order valence-electron chi connectivity index (χ2n) is 11.9. The van der Waals surface area contributed by atoms with E-state index >= 15 is 0 Å². The summed E-state index contributed by atoms with van der Waals surface area (Å²) >= 11 is 0. The molecule has 3 amide bonds. The van der Waals surface area contributed by atoms with Gasteiger partial charge in [0.1, 0.15) is 35.1 Å². The molecule has 0 unspecified atom stereocenters. The van der Waals surface area contributed by atoms with Crippen molar-refractivity contribution in [2.45, 2.75) is 71.0 Å². The number of halogens is 3. The van der Waals surface area contributed by atoms with Crippen LogP contribution in [-0.2, 0) is 36.6 Å². The SMILES string of the molecule is CC(C)C[C@H](NC(=O)[C@@H]1CN(C(=O)OC(C)(C)C)CCN1S(=O)(=O)Cc1c(F)cc(F)cc1F)C(=O)NCc1cccnc1. The molecule has 0 saturated carbocycles. The lowest BCUT2D eigenvalue weighted by Gasteiger charge is -2.40. The summed E-state index contributed by atoms with van der Waals surface area (Å²) in [5, 5.41) is 5.34. The highest BCUT2D eigenvalue weighted by atomic mass is 32.2. The van der Waals surface area contributed by atoms with Crippen LogP contribution in [0.25, 0.3) is 0 Å². The highest BCUT2D eigenvalue weighted by Gasteiger charge is 2.43. The van der Waals surface area contributed by atoms with Crippen LogP contribution in [0.3, 0.4) is 0 Å². The first-order valence-electron chi connectivity index (χ1n) is 14.0. The third-order valence-electron chi connectivity index (χ3n) is 6.61. The Morgan fingerprint density at radius 2 is 1.77 bits per heavy atom. The van der Waals surface area contributed by atoms with Crippen LogP contribution >= 0.6 is 0 Å². The molecule has 1 saturated heterocycles. The van der Waals surface area contributed by atoms with Crippen LogP contribution in [0, 0.1) is 23.4 Å². The van der Waals surface area contributed by atoms with E-state index in [0.29, 0.717) is 17.7 Å². The fourth-order valence-electron chi connectivity index (χ4n) is 4.57. The minimum Gasteiger partial charge on any atom is -0.444 e. The molecule has 2 atom stereocenters. The van der Waals surface area contributed by atoms with Crippen molar-refractivity contribution in [1.29, 1.82) is 0 Å². The number of hydrogen-bond donors (Lipinski definition) is 2. The lowest BCUT2D eigenvalue weighted by Crippen LogP contribution is -2.63. The summed E-state index contributed by atoms with van der Waals surface area (Å²) in [5.74, 6) is -6.71. The van der Waals surface area contributed by atoms with Gasteiger partial charge in [0.25, 0.3) is 0 Å². The summed E-state index contributed by atoms with van der Waals surface area (Å²) in [6.07, 6.45) is 2.55. The smallest absolute Gasteiger partial charge is 0.410 e. The number of pyridine rings is 1. The number of nitrogens with zero attached hydrogens (tertiary/aromatic N) is 3. The second-order valence-corrected chi connectivity index (χ2v) is 13.8. The molecule has 0 spiro atoms. The lowest BCUT2D eigenvalue weighted by atomic mass is 10.0.